The number of carbonyl (C=O) groups is 1. The van der Waals surface area contributed by atoms with Crippen molar-refractivity contribution in [3.8, 4) is 0 Å². The maximum Gasteiger partial charge on any atom is 0.309 e. The molecule has 14 heavy (non-hydrogen) atoms. The van der Waals surface area contributed by atoms with Crippen LogP contribution in [0.4, 0.5) is 0 Å². The fraction of sp³-hybridized carbons (Fsp3) is 0.556. The molecule has 1 fully saturated rings. The zero-order chi connectivity index (χ0) is 10.1. The number of rotatable bonds is 2. The molecule has 0 spiro atoms. The van der Waals surface area contributed by atoms with Gasteiger partial charge in [-0.15, -0.1) is 0 Å². The Morgan fingerprint density at radius 2 is 2.57 bits per heavy atom. The van der Waals surface area contributed by atoms with Gasteiger partial charge in [0.25, 0.3) is 0 Å². The molecule has 2 rings (SSSR count). The van der Waals surface area contributed by atoms with Gasteiger partial charge < -0.3 is 9.84 Å². The summed E-state index contributed by atoms with van der Waals surface area (Å²) < 4.78 is 7.07. The lowest BCUT2D eigenvalue weighted by Crippen LogP contribution is -2.19. The van der Waals surface area contributed by atoms with Gasteiger partial charge in [0, 0.05) is 19.9 Å². The Bertz CT molecular complexity index is 348. The van der Waals surface area contributed by atoms with Gasteiger partial charge in [-0.25, -0.2) is 0 Å². The summed E-state index contributed by atoms with van der Waals surface area (Å²) in [6, 6.07) is 1.80. The van der Waals surface area contributed by atoms with Crippen molar-refractivity contribution < 1.29 is 14.6 Å². The summed E-state index contributed by atoms with van der Waals surface area (Å²) >= 11 is 0. The summed E-state index contributed by atoms with van der Waals surface area (Å²) in [5, 5.41) is 13.0. The fourth-order valence-electron chi connectivity index (χ4n) is 1.80. The van der Waals surface area contributed by atoms with Crippen LogP contribution in [0.1, 0.15) is 18.2 Å². The maximum atomic E-state index is 10.9. The Kier molecular flexibility index (Phi) is 2.25. The van der Waals surface area contributed by atoms with Crippen LogP contribution in [0.5, 0.6) is 0 Å². The van der Waals surface area contributed by atoms with E-state index in [0.29, 0.717) is 13.0 Å². The highest BCUT2D eigenvalue weighted by Crippen LogP contribution is 2.34. The number of aromatic nitrogens is 2. The van der Waals surface area contributed by atoms with Crippen molar-refractivity contribution in [1.82, 2.24) is 9.78 Å². The van der Waals surface area contributed by atoms with Crippen LogP contribution in [0, 0.1) is 5.92 Å². The number of hydrogen-bond acceptors (Lipinski definition) is 3. The average Bonchev–Trinajstić information content (AvgIpc) is 2.70. The molecular weight excluding hydrogens is 184 g/mol. The van der Waals surface area contributed by atoms with E-state index in [2.05, 4.69) is 5.10 Å². The molecule has 0 aromatic carbocycles. The molecule has 76 valence electrons. The Morgan fingerprint density at radius 1 is 1.79 bits per heavy atom. The number of ether oxygens (including phenoxy) is 1. The first kappa shape index (κ1) is 9.21. The molecule has 2 heterocycles. The molecule has 1 aliphatic rings. The number of nitrogens with zero attached hydrogens (tertiary/aromatic N) is 2. The van der Waals surface area contributed by atoms with E-state index in [-0.39, 0.29) is 6.10 Å². The number of aryl methyl sites for hydroxylation is 1. The van der Waals surface area contributed by atoms with E-state index < -0.39 is 11.9 Å². The second kappa shape index (κ2) is 3.42. The van der Waals surface area contributed by atoms with Crippen LogP contribution in [0.15, 0.2) is 12.3 Å². The van der Waals surface area contributed by atoms with E-state index in [9.17, 15) is 4.79 Å². The summed E-state index contributed by atoms with van der Waals surface area (Å²) in [4.78, 5) is 10.9. The third-order valence-electron chi connectivity index (χ3n) is 2.56. The first-order valence-corrected chi connectivity index (χ1v) is 4.52. The Hall–Kier alpha value is -1.36. The lowest BCUT2D eigenvalue weighted by Gasteiger charge is -2.14. The quantitative estimate of drug-likeness (QED) is 0.751. The van der Waals surface area contributed by atoms with E-state index in [1.807, 2.05) is 0 Å². The van der Waals surface area contributed by atoms with Crippen LogP contribution in [0.3, 0.4) is 0 Å². The van der Waals surface area contributed by atoms with Crippen molar-refractivity contribution in [1.29, 1.82) is 0 Å². The molecule has 2 atom stereocenters. The molecule has 1 N–H and O–H groups in total. The van der Waals surface area contributed by atoms with E-state index >= 15 is 0 Å². The van der Waals surface area contributed by atoms with Crippen LogP contribution in [-0.4, -0.2) is 27.5 Å². The minimum atomic E-state index is -0.797. The van der Waals surface area contributed by atoms with Crippen LogP contribution in [0.25, 0.3) is 0 Å². The van der Waals surface area contributed by atoms with E-state index in [4.69, 9.17) is 9.84 Å². The smallest absolute Gasteiger partial charge is 0.309 e. The van der Waals surface area contributed by atoms with Crippen LogP contribution >= 0.6 is 0 Å². The highest BCUT2D eigenvalue weighted by atomic mass is 16.5. The molecule has 2 unspecified atom stereocenters. The third kappa shape index (κ3) is 1.39. The van der Waals surface area contributed by atoms with E-state index in [0.717, 1.165) is 5.69 Å². The van der Waals surface area contributed by atoms with Gasteiger partial charge in [0.2, 0.25) is 0 Å². The Balaban J connectivity index is 2.26. The SMILES string of the molecule is Cn1nccc1C1OCCC1C(=O)O. The third-order valence-corrected chi connectivity index (χ3v) is 2.56. The van der Waals surface area contributed by atoms with Gasteiger partial charge in [0.15, 0.2) is 0 Å². The number of carboxylic acid groups (broad SMARTS) is 1. The standard InChI is InChI=1S/C9H12N2O3/c1-11-7(2-4-10-11)8-6(9(12)13)3-5-14-8/h2,4,6,8H,3,5H2,1H3,(H,12,13). The molecule has 5 heteroatoms. The van der Waals surface area contributed by atoms with Crippen molar-refractivity contribution >= 4 is 5.97 Å². The summed E-state index contributed by atoms with van der Waals surface area (Å²) in [5.41, 5.74) is 0.829. The zero-order valence-corrected chi connectivity index (χ0v) is 7.88. The summed E-state index contributed by atoms with van der Waals surface area (Å²) in [6.45, 7) is 0.507. The van der Waals surface area contributed by atoms with Gasteiger partial charge in [0.1, 0.15) is 6.10 Å². The average molecular weight is 196 g/mol. The van der Waals surface area contributed by atoms with Gasteiger partial charge >= 0.3 is 5.97 Å². The molecular formula is C9H12N2O3. The normalized spacial score (nSPS) is 26.6. The van der Waals surface area contributed by atoms with E-state index in [1.54, 1.807) is 24.0 Å². The molecule has 0 bridgehead atoms. The van der Waals surface area contributed by atoms with Gasteiger partial charge in [0.05, 0.1) is 11.6 Å². The minimum Gasteiger partial charge on any atom is -0.481 e. The van der Waals surface area contributed by atoms with Crippen molar-refractivity contribution in [3.63, 3.8) is 0 Å². The monoisotopic (exact) mass is 196 g/mol. The van der Waals surface area contributed by atoms with Gasteiger partial charge in [-0.05, 0) is 12.5 Å². The number of hydrogen-bond donors (Lipinski definition) is 1. The Morgan fingerprint density at radius 3 is 3.14 bits per heavy atom. The van der Waals surface area contributed by atoms with Crippen molar-refractivity contribution in [2.24, 2.45) is 13.0 Å². The summed E-state index contributed by atoms with van der Waals surface area (Å²) in [5.74, 6) is -1.24. The minimum absolute atomic E-state index is 0.347. The van der Waals surface area contributed by atoms with Crippen molar-refractivity contribution in [2.75, 3.05) is 6.61 Å². The van der Waals surface area contributed by atoms with Crippen LogP contribution < -0.4 is 0 Å². The number of aliphatic carboxylic acids is 1. The van der Waals surface area contributed by atoms with Gasteiger partial charge in [-0.3, -0.25) is 9.48 Å². The molecule has 1 aliphatic heterocycles. The van der Waals surface area contributed by atoms with Crippen molar-refractivity contribution in [2.45, 2.75) is 12.5 Å². The first-order valence-electron chi connectivity index (χ1n) is 4.52. The molecule has 1 aromatic heterocycles. The fourth-order valence-corrected chi connectivity index (χ4v) is 1.80. The summed E-state index contributed by atoms with van der Waals surface area (Å²) in [6.07, 6.45) is 1.88. The zero-order valence-electron chi connectivity index (χ0n) is 7.88. The Labute approximate surface area is 81.3 Å². The second-order valence-electron chi connectivity index (χ2n) is 3.40. The predicted octanol–water partition coefficient (Wildman–Crippen LogP) is 0.582. The highest BCUT2D eigenvalue weighted by Gasteiger charge is 2.36. The highest BCUT2D eigenvalue weighted by molar-refractivity contribution is 5.71. The molecule has 0 amide bonds. The topological polar surface area (TPSA) is 64.4 Å². The summed E-state index contributed by atoms with van der Waals surface area (Å²) in [7, 11) is 1.79. The first-order chi connectivity index (χ1) is 6.70. The van der Waals surface area contributed by atoms with Crippen molar-refractivity contribution in [3.05, 3.63) is 18.0 Å². The molecule has 1 saturated heterocycles. The van der Waals surface area contributed by atoms with Gasteiger partial charge in [-0.1, -0.05) is 0 Å². The van der Waals surface area contributed by atoms with Crippen LogP contribution in [-0.2, 0) is 16.6 Å². The second-order valence-corrected chi connectivity index (χ2v) is 3.40. The van der Waals surface area contributed by atoms with E-state index in [1.165, 1.54) is 0 Å². The lowest BCUT2D eigenvalue weighted by atomic mass is 9.99. The number of carboxylic acids is 1. The van der Waals surface area contributed by atoms with Gasteiger partial charge in [-0.2, -0.15) is 5.10 Å². The molecule has 0 saturated carbocycles. The lowest BCUT2D eigenvalue weighted by molar-refractivity contribution is -0.143. The largest absolute Gasteiger partial charge is 0.481 e. The molecule has 1 aromatic rings. The van der Waals surface area contributed by atoms with Crippen LogP contribution in [0.2, 0.25) is 0 Å². The predicted molar refractivity (Wildman–Crippen MR) is 47.6 cm³/mol. The maximum absolute atomic E-state index is 10.9. The molecule has 0 aliphatic carbocycles. The molecule has 0 radical (unpaired) electrons. The molecule has 5 nitrogen and oxygen atoms in total.